The van der Waals surface area contributed by atoms with Crippen LogP contribution < -0.4 is 11.1 Å². The van der Waals surface area contributed by atoms with Crippen LogP contribution in [0.25, 0.3) is 0 Å². The number of nitrogens with two attached hydrogens (primary N) is 1. The van der Waals surface area contributed by atoms with Gasteiger partial charge in [0.25, 0.3) is 0 Å². The molecule has 6 heteroatoms. The summed E-state index contributed by atoms with van der Waals surface area (Å²) in [4.78, 5) is 25.7. The Labute approximate surface area is 159 Å². The number of ether oxygens (including phenoxy) is 1. The van der Waals surface area contributed by atoms with Gasteiger partial charge in [-0.2, -0.15) is 0 Å². The number of carbonyl (C=O) groups is 2. The molecule has 2 aromatic carbocycles. The Bertz CT molecular complexity index is 800. The van der Waals surface area contributed by atoms with Crippen LogP contribution in [0.1, 0.15) is 34.3 Å². The summed E-state index contributed by atoms with van der Waals surface area (Å²) in [6.45, 7) is 3.75. The number of amides is 3. The fourth-order valence-corrected chi connectivity index (χ4v) is 3.12. The lowest BCUT2D eigenvalue weighted by Gasteiger charge is -2.32. The number of benzene rings is 2. The van der Waals surface area contributed by atoms with Crippen LogP contribution >= 0.6 is 0 Å². The Morgan fingerprint density at radius 1 is 1.15 bits per heavy atom. The van der Waals surface area contributed by atoms with E-state index in [1.54, 1.807) is 23.1 Å². The summed E-state index contributed by atoms with van der Waals surface area (Å²) in [5.74, 6) is -0.512. The largest absolute Gasteiger partial charge is 0.373 e. The van der Waals surface area contributed by atoms with E-state index in [1.807, 2.05) is 37.3 Å². The molecule has 0 aromatic heterocycles. The molecule has 0 bridgehead atoms. The monoisotopic (exact) mass is 367 g/mol. The van der Waals surface area contributed by atoms with Crippen LogP contribution in [0.3, 0.4) is 0 Å². The lowest BCUT2D eigenvalue weighted by Crippen LogP contribution is -2.43. The van der Waals surface area contributed by atoms with E-state index in [2.05, 4.69) is 5.32 Å². The minimum Gasteiger partial charge on any atom is -0.373 e. The molecule has 1 aliphatic rings. The minimum absolute atomic E-state index is 0.161. The van der Waals surface area contributed by atoms with Crippen molar-refractivity contribution in [1.82, 2.24) is 4.90 Å². The van der Waals surface area contributed by atoms with Crippen LogP contribution in [-0.2, 0) is 11.3 Å². The SMILES string of the molecule is Cc1ccc(C(N)=O)cc1NC(=O)N1CCC(OCc2ccccc2)CC1. The number of nitrogens with zero attached hydrogens (tertiary/aromatic N) is 1. The molecule has 0 spiro atoms. The third kappa shape index (κ3) is 5.08. The quantitative estimate of drug-likeness (QED) is 0.850. The van der Waals surface area contributed by atoms with Gasteiger partial charge in [-0.25, -0.2) is 4.79 Å². The maximum absolute atomic E-state index is 12.5. The number of nitrogens with one attached hydrogen (secondary N) is 1. The van der Waals surface area contributed by atoms with E-state index in [-0.39, 0.29) is 12.1 Å². The molecule has 142 valence electrons. The van der Waals surface area contributed by atoms with Gasteiger partial charge in [0.15, 0.2) is 0 Å². The molecule has 1 fully saturated rings. The lowest BCUT2D eigenvalue weighted by atomic mass is 10.1. The molecular formula is C21H25N3O3. The van der Waals surface area contributed by atoms with Gasteiger partial charge in [-0.05, 0) is 43.0 Å². The fraction of sp³-hybridized carbons (Fsp3) is 0.333. The van der Waals surface area contributed by atoms with Crippen molar-refractivity contribution in [3.63, 3.8) is 0 Å². The van der Waals surface area contributed by atoms with E-state index in [4.69, 9.17) is 10.5 Å². The molecular weight excluding hydrogens is 342 g/mol. The smallest absolute Gasteiger partial charge is 0.321 e. The van der Waals surface area contributed by atoms with Crippen LogP contribution in [0.4, 0.5) is 10.5 Å². The maximum atomic E-state index is 12.5. The first-order valence-corrected chi connectivity index (χ1v) is 9.15. The summed E-state index contributed by atoms with van der Waals surface area (Å²) >= 11 is 0. The molecule has 0 atom stereocenters. The van der Waals surface area contributed by atoms with Crippen LogP contribution in [-0.4, -0.2) is 36.0 Å². The second-order valence-electron chi connectivity index (χ2n) is 6.81. The number of primary amides is 1. The standard InChI is InChI=1S/C21H25N3O3/c1-15-7-8-17(20(22)25)13-19(15)23-21(26)24-11-9-18(10-12-24)27-14-16-5-3-2-4-6-16/h2-8,13,18H,9-12,14H2,1H3,(H2,22,25)(H,23,26). The van der Waals surface area contributed by atoms with Crippen LogP contribution in [0.5, 0.6) is 0 Å². The number of carbonyl (C=O) groups excluding carboxylic acids is 2. The molecule has 0 radical (unpaired) electrons. The van der Waals surface area contributed by atoms with Gasteiger partial charge < -0.3 is 20.7 Å². The van der Waals surface area contributed by atoms with E-state index >= 15 is 0 Å². The van der Waals surface area contributed by atoms with Gasteiger partial charge >= 0.3 is 6.03 Å². The molecule has 1 saturated heterocycles. The summed E-state index contributed by atoms with van der Waals surface area (Å²) in [7, 11) is 0. The van der Waals surface area contributed by atoms with Crippen molar-refractivity contribution in [2.24, 2.45) is 5.73 Å². The summed E-state index contributed by atoms with van der Waals surface area (Å²) in [6, 6.07) is 15.0. The average molecular weight is 367 g/mol. The van der Waals surface area contributed by atoms with Gasteiger partial charge in [0.1, 0.15) is 0 Å². The van der Waals surface area contributed by atoms with E-state index < -0.39 is 5.91 Å². The first kappa shape index (κ1) is 18.9. The van der Waals surface area contributed by atoms with Gasteiger partial charge in [-0.3, -0.25) is 4.79 Å². The normalized spacial score (nSPS) is 14.8. The number of likely N-dealkylation sites (tertiary alicyclic amines) is 1. The Morgan fingerprint density at radius 3 is 2.52 bits per heavy atom. The zero-order valence-corrected chi connectivity index (χ0v) is 15.5. The summed E-state index contributed by atoms with van der Waals surface area (Å²) in [5.41, 5.74) is 8.34. The molecule has 3 amide bonds. The Hall–Kier alpha value is -2.86. The summed E-state index contributed by atoms with van der Waals surface area (Å²) in [6.07, 6.45) is 1.77. The average Bonchev–Trinajstić information content (AvgIpc) is 2.69. The Kier molecular flexibility index (Phi) is 6.08. The predicted molar refractivity (Wildman–Crippen MR) is 105 cm³/mol. The zero-order chi connectivity index (χ0) is 19.2. The van der Waals surface area contributed by atoms with Crippen molar-refractivity contribution in [1.29, 1.82) is 0 Å². The summed E-state index contributed by atoms with van der Waals surface area (Å²) < 4.78 is 5.97. The third-order valence-electron chi connectivity index (χ3n) is 4.82. The number of piperidine rings is 1. The molecule has 6 nitrogen and oxygen atoms in total. The minimum atomic E-state index is -0.512. The molecule has 1 heterocycles. The first-order valence-electron chi connectivity index (χ1n) is 9.15. The molecule has 0 aliphatic carbocycles. The van der Waals surface area contributed by atoms with E-state index in [1.165, 1.54) is 0 Å². The summed E-state index contributed by atoms with van der Waals surface area (Å²) in [5, 5.41) is 2.89. The van der Waals surface area contributed by atoms with Crippen molar-refractivity contribution >= 4 is 17.6 Å². The number of aryl methyl sites for hydroxylation is 1. The molecule has 1 aliphatic heterocycles. The Balaban J connectivity index is 1.50. The van der Waals surface area contributed by atoms with Gasteiger partial charge in [0.05, 0.1) is 12.7 Å². The molecule has 27 heavy (non-hydrogen) atoms. The number of hydrogen-bond donors (Lipinski definition) is 2. The van der Waals surface area contributed by atoms with Gasteiger partial charge in [-0.15, -0.1) is 0 Å². The van der Waals surface area contributed by atoms with Crippen molar-refractivity contribution < 1.29 is 14.3 Å². The van der Waals surface area contributed by atoms with Crippen molar-refractivity contribution in [2.75, 3.05) is 18.4 Å². The number of rotatable bonds is 5. The van der Waals surface area contributed by atoms with E-state index in [9.17, 15) is 9.59 Å². The maximum Gasteiger partial charge on any atom is 0.321 e. The highest BCUT2D eigenvalue weighted by Crippen LogP contribution is 2.20. The highest BCUT2D eigenvalue weighted by atomic mass is 16.5. The van der Waals surface area contributed by atoms with Crippen molar-refractivity contribution in [3.8, 4) is 0 Å². The predicted octanol–water partition coefficient (Wildman–Crippen LogP) is 3.31. The molecule has 2 aromatic rings. The topological polar surface area (TPSA) is 84.7 Å². The Morgan fingerprint density at radius 2 is 1.85 bits per heavy atom. The first-order chi connectivity index (χ1) is 13.0. The number of anilines is 1. The van der Waals surface area contributed by atoms with E-state index in [0.717, 1.165) is 24.0 Å². The molecule has 3 rings (SSSR count). The zero-order valence-electron chi connectivity index (χ0n) is 15.5. The van der Waals surface area contributed by atoms with Crippen LogP contribution in [0.2, 0.25) is 0 Å². The second-order valence-corrected chi connectivity index (χ2v) is 6.81. The molecule has 0 unspecified atom stereocenters. The second kappa shape index (κ2) is 8.68. The van der Waals surface area contributed by atoms with Gasteiger partial charge in [0.2, 0.25) is 5.91 Å². The molecule has 0 saturated carbocycles. The van der Waals surface area contributed by atoms with Crippen LogP contribution in [0.15, 0.2) is 48.5 Å². The van der Waals surface area contributed by atoms with Gasteiger partial charge in [0, 0.05) is 24.3 Å². The highest BCUT2D eigenvalue weighted by Gasteiger charge is 2.23. The van der Waals surface area contributed by atoms with Crippen molar-refractivity contribution in [2.45, 2.75) is 32.5 Å². The van der Waals surface area contributed by atoms with Crippen LogP contribution in [0, 0.1) is 6.92 Å². The van der Waals surface area contributed by atoms with Gasteiger partial charge in [-0.1, -0.05) is 36.4 Å². The van der Waals surface area contributed by atoms with Crippen molar-refractivity contribution in [3.05, 3.63) is 65.2 Å². The van der Waals surface area contributed by atoms with E-state index in [0.29, 0.717) is 30.9 Å². The fourth-order valence-electron chi connectivity index (χ4n) is 3.12. The highest BCUT2D eigenvalue weighted by molar-refractivity contribution is 5.96. The third-order valence-corrected chi connectivity index (χ3v) is 4.82. The molecule has 3 N–H and O–H groups in total. The number of urea groups is 1. The number of hydrogen-bond acceptors (Lipinski definition) is 3. The lowest BCUT2D eigenvalue weighted by molar-refractivity contribution is 0.00540.